The fourth-order valence-corrected chi connectivity index (χ4v) is 2.86. The maximum Gasteiger partial charge on any atom is 0.254 e. The summed E-state index contributed by atoms with van der Waals surface area (Å²) in [4.78, 5) is 15.2. The Morgan fingerprint density at radius 3 is 2.72 bits per heavy atom. The van der Waals surface area contributed by atoms with Crippen LogP contribution in [0.2, 0.25) is 0 Å². The lowest BCUT2D eigenvalue weighted by Crippen LogP contribution is -2.31. The SMILES string of the molecule is NCC#Cc1cc(C(=O)N2CCCCCC2)cs1. The van der Waals surface area contributed by atoms with Crippen molar-refractivity contribution in [3.05, 3.63) is 21.9 Å². The number of nitrogens with two attached hydrogens (primary N) is 1. The predicted octanol–water partition coefficient (Wildman–Crippen LogP) is 2.07. The van der Waals surface area contributed by atoms with E-state index in [1.165, 1.54) is 24.2 Å². The van der Waals surface area contributed by atoms with Crippen molar-refractivity contribution in [1.82, 2.24) is 4.90 Å². The molecule has 18 heavy (non-hydrogen) atoms. The molecule has 0 aliphatic carbocycles. The first-order valence-corrected chi connectivity index (χ1v) is 7.26. The number of nitrogens with zero attached hydrogens (tertiary/aromatic N) is 1. The number of hydrogen-bond acceptors (Lipinski definition) is 3. The topological polar surface area (TPSA) is 46.3 Å². The lowest BCUT2D eigenvalue weighted by Gasteiger charge is -2.19. The van der Waals surface area contributed by atoms with Crippen LogP contribution in [0.3, 0.4) is 0 Å². The second kappa shape index (κ2) is 6.58. The molecule has 4 heteroatoms. The van der Waals surface area contributed by atoms with E-state index in [4.69, 9.17) is 5.73 Å². The minimum absolute atomic E-state index is 0.147. The Labute approximate surface area is 112 Å². The molecule has 1 saturated heterocycles. The summed E-state index contributed by atoms with van der Waals surface area (Å²) < 4.78 is 0. The van der Waals surface area contributed by atoms with E-state index in [1.54, 1.807) is 0 Å². The van der Waals surface area contributed by atoms with Gasteiger partial charge in [0.25, 0.3) is 5.91 Å². The maximum absolute atomic E-state index is 12.3. The van der Waals surface area contributed by atoms with Crippen LogP contribution in [0.4, 0.5) is 0 Å². The van der Waals surface area contributed by atoms with Crippen molar-refractivity contribution in [3.63, 3.8) is 0 Å². The molecule has 1 aliphatic heterocycles. The Morgan fingerprint density at radius 1 is 1.33 bits per heavy atom. The molecular formula is C14H18N2OS. The van der Waals surface area contributed by atoms with Gasteiger partial charge in [0.2, 0.25) is 0 Å². The number of rotatable bonds is 1. The quantitative estimate of drug-likeness (QED) is 0.788. The van der Waals surface area contributed by atoms with Gasteiger partial charge in [-0.1, -0.05) is 24.7 Å². The summed E-state index contributed by atoms with van der Waals surface area (Å²) in [6.07, 6.45) is 4.71. The summed E-state index contributed by atoms with van der Waals surface area (Å²) in [5.41, 5.74) is 6.10. The maximum atomic E-state index is 12.3. The molecule has 2 heterocycles. The number of amides is 1. The normalized spacial score (nSPS) is 15.7. The van der Waals surface area contributed by atoms with Gasteiger partial charge in [0.1, 0.15) is 0 Å². The molecule has 1 aromatic heterocycles. The Hall–Kier alpha value is -1.31. The third-order valence-electron chi connectivity index (χ3n) is 3.05. The van der Waals surface area contributed by atoms with Crippen molar-refractivity contribution < 1.29 is 4.79 Å². The highest BCUT2D eigenvalue weighted by molar-refractivity contribution is 7.10. The Balaban J connectivity index is 2.05. The first kappa shape index (κ1) is 13.1. The average Bonchev–Trinajstić information content (AvgIpc) is 2.69. The molecule has 1 amide bonds. The van der Waals surface area contributed by atoms with Crippen molar-refractivity contribution in [2.45, 2.75) is 25.7 Å². The van der Waals surface area contributed by atoms with Crippen LogP contribution in [-0.4, -0.2) is 30.4 Å². The van der Waals surface area contributed by atoms with E-state index in [1.807, 2.05) is 16.3 Å². The van der Waals surface area contributed by atoms with Gasteiger partial charge < -0.3 is 10.6 Å². The van der Waals surface area contributed by atoms with Crippen molar-refractivity contribution in [3.8, 4) is 11.8 Å². The van der Waals surface area contributed by atoms with Crippen molar-refractivity contribution in [1.29, 1.82) is 0 Å². The van der Waals surface area contributed by atoms with Gasteiger partial charge in [0, 0.05) is 18.5 Å². The molecule has 0 radical (unpaired) electrons. The van der Waals surface area contributed by atoms with E-state index < -0.39 is 0 Å². The van der Waals surface area contributed by atoms with Gasteiger partial charge >= 0.3 is 0 Å². The number of thiophene rings is 1. The average molecular weight is 262 g/mol. The van der Waals surface area contributed by atoms with Crippen molar-refractivity contribution in [2.75, 3.05) is 19.6 Å². The molecule has 1 aliphatic rings. The first-order valence-electron chi connectivity index (χ1n) is 6.38. The van der Waals surface area contributed by atoms with E-state index in [9.17, 15) is 4.79 Å². The monoisotopic (exact) mass is 262 g/mol. The zero-order chi connectivity index (χ0) is 12.8. The van der Waals surface area contributed by atoms with Crippen LogP contribution in [0.1, 0.15) is 40.9 Å². The van der Waals surface area contributed by atoms with Crippen LogP contribution in [0.5, 0.6) is 0 Å². The molecule has 3 nitrogen and oxygen atoms in total. The standard InChI is InChI=1S/C14H18N2OS/c15-7-5-6-13-10-12(11-18-13)14(17)16-8-3-1-2-4-9-16/h10-11H,1-4,7-9,15H2. The highest BCUT2D eigenvalue weighted by atomic mass is 32.1. The number of hydrogen-bond donors (Lipinski definition) is 1. The van der Waals surface area contributed by atoms with Crippen LogP contribution < -0.4 is 5.73 Å². The lowest BCUT2D eigenvalue weighted by molar-refractivity contribution is 0.0762. The number of carbonyl (C=O) groups is 1. The first-order chi connectivity index (χ1) is 8.81. The van der Waals surface area contributed by atoms with E-state index in [0.29, 0.717) is 6.54 Å². The van der Waals surface area contributed by atoms with E-state index in [0.717, 1.165) is 36.4 Å². The van der Waals surface area contributed by atoms with Gasteiger partial charge in [-0.15, -0.1) is 11.3 Å². The summed E-state index contributed by atoms with van der Waals surface area (Å²) in [5.74, 6) is 5.92. The largest absolute Gasteiger partial charge is 0.339 e. The Kier molecular flexibility index (Phi) is 4.80. The second-order valence-corrected chi connectivity index (χ2v) is 5.32. The molecule has 0 bridgehead atoms. The summed E-state index contributed by atoms with van der Waals surface area (Å²) in [6, 6.07) is 1.88. The number of carbonyl (C=O) groups excluding carboxylic acids is 1. The van der Waals surface area contributed by atoms with Crippen molar-refractivity contribution >= 4 is 17.2 Å². The Morgan fingerprint density at radius 2 is 2.06 bits per heavy atom. The summed E-state index contributed by atoms with van der Waals surface area (Å²) in [7, 11) is 0. The van der Waals surface area contributed by atoms with Crippen molar-refractivity contribution in [2.24, 2.45) is 5.73 Å². The Bertz CT molecular complexity index is 462. The molecule has 1 fully saturated rings. The van der Waals surface area contributed by atoms with Gasteiger partial charge in [0.05, 0.1) is 17.0 Å². The van der Waals surface area contributed by atoms with E-state index in [2.05, 4.69) is 11.8 Å². The molecule has 0 aromatic carbocycles. The van der Waals surface area contributed by atoms with Gasteiger partial charge in [0.15, 0.2) is 0 Å². The summed E-state index contributed by atoms with van der Waals surface area (Å²) in [6.45, 7) is 2.13. The van der Waals surface area contributed by atoms with Gasteiger partial charge in [-0.25, -0.2) is 0 Å². The van der Waals surface area contributed by atoms with Crippen LogP contribution in [0.25, 0.3) is 0 Å². The summed E-state index contributed by atoms with van der Waals surface area (Å²) >= 11 is 1.51. The second-order valence-electron chi connectivity index (χ2n) is 4.41. The van der Waals surface area contributed by atoms with Crippen LogP contribution in [0.15, 0.2) is 11.4 Å². The minimum Gasteiger partial charge on any atom is -0.339 e. The zero-order valence-electron chi connectivity index (χ0n) is 10.4. The molecule has 2 N–H and O–H groups in total. The predicted molar refractivity (Wildman–Crippen MR) is 74.6 cm³/mol. The molecule has 1 aromatic rings. The third-order valence-corrected chi connectivity index (χ3v) is 3.90. The van der Waals surface area contributed by atoms with Crippen LogP contribution >= 0.6 is 11.3 Å². The highest BCUT2D eigenvalue weighted by Crippen LogP contribution is 2.18. The lowest BCUT2D eigenvalue weighted by atomic mass is 10.2. The summed E-state index contributed by atoms with van der Waals surface area (Å²) in [5, 5.41) is 1.90. The van der Waals surface area contributed by atoms with E-state index in [-0.39, 0.29) is 5.91 Å². The molecule has 96 valence electrons. The fraction of sp³-hybridized carbons (Fsp3) is 0.500. The number of likely N-dealkylation sites (tertiary alicyclic amines) is 1. The molecule has 0 saturated carbocycles. The molecular weight excluding hydrogens is 244 g/mol. The van der Waals surface area contributed by atoms with Crippen LogP contribution in [0, 0.1) is 11.8 Å². The molecule has 0 spiro atoms. The van der Waals surface area contributed by atoms with Gasteiger partial charge in [-0.2, -0.15) is 0 Å². The fourth-order valence-electron chi connectivity index (χ4n) is 2.11. The van der Waals surface area contributed by atoms with Gasteiger partial charge in [-0.05, 0) is 18.9 Å². The zero-order valence-corrected chi connectivity index (χ0v) is 11.3. The van der Waals surface area contributed by atoms with E-state index >= 15 is 0 Å². The third kappa shape index (κ3) is 3.34. The highest BCUT2D eigenvalue weighted by Gasteiger charge is 2.18. The van der Waals surface area contributed by atoms with Gasteiger partial charge in [-0.3, -0.25) is 4.79 Å². The molecule has 0 atom stereocenters. The molecule has 0 unspecified atom stereocenters. The molecule has 2 rings (SSSR count). The minimum atomic E-state index is 0.147. The smallest absolute Gasteiger partial charge is 0.254 e. The van der Waals surface area contributed by atoms with Crippen LogP contribution in [-0.2, 0) is 0 Å².